The van der Waals surface area contributed by atoms with Gasteiger partial charge in [-0.05, 0) is 0 Å². The first-order chi connectivity index (χ1) is 3.29. The summed E-state index contributed by atoms with van der Waals surface area (Å²) in [5.41, 5.74) is 5.97. The normalized spacial score (nSPS) is 9.14. The van der Waals surface area contributed by atoms with Gasteiger partial charge in [-0.1, -0.05) is 0 Å². The molecule has 0 aromatic carbocycles. The minimum absolute atomic E-state index is 0.690. The fraction of sp³-hybridized carbons (Fsp3) is 0. The molecule has 2 radical (unpaired) electrons. The lowest BCUT2D eigenvalue weighted by molar-refractivity contribution is 0.992. The summed E-state index contributed by atoms with van der Waals surface area (Å²) in [5.74, 6) is 0. The Kier molecular flexibility index (Phi) is 1.05. The maximum Gasteiger partial charge on any atom is 0.353 e. The fourth-order valence-electron chi connectivity index (χ4n) is 0.353. The quantitative estimate of drug-likeness (QED) is 0.452. The molecule has 0 atom stereocenters. The number of aromatic nitrogens is 2. The molecule has 0 aliphatic carbocycles. The van der Waals surface area contributed by atoms with Crippen molar-refractivity contribution in [3.8, 4) is 0 Å². The van der Waals surface area contributed by atoms with E-state index in [1.54, 1.807) is 16.1 Å². The summed E-state index contributed by atoms with van der Waals surface area (Å²) in [6.45, 7) is 0. The van der Waals surface area contributed by atoms with Crippen LogP contribution >= 0.6 is 0 Å². The predicted octanol–water partition coefficient (Wildman–Crippen LogP) is -0.603. The summed E-state index contributed by atoms with van der Waals surface area (Å²) >= 11 is 2.38. The van der Waals surface area contributed by atoms with Crippen LogP contribution in [0.3, 0.4) is 0 Å². The Bertz CT molecular complexity index is 142. The standard InChI is InChI=1S/C3H4N3.Al/c4-3-1-5-6-2-3;/h1-2H,4H2;/q-1;+1. The average Bonchev–Trinajstić information content (AvgIpc) is 1.87. The second-order valence-corrected chi connectivity index (χ2v) is 1.78. The van der Waals surface area contributed by atoms with Gasteiger partial charge in [0, 0.05) is 6.20 Å². The maximum atomic E-state index is 5.28. The monoisotopic (exact) mass is 109 g/mol. The van der Waals surface area contributed by atoms with Crippen molar-refractivity contribution in [3.05, 3.63) is 12.4 Å². The molecule has 0 saturated heterocycles. The summed E-state index contributed by atoms with van der Waals surface area (Å²) in [6.07, 6.45) is 3.30. The molecule has 7 heavy (non-hydrogen) atoms. The van der Waals surface area contributed by atoms with E-state index in [4.69, 9.17) is 5.73 Å². The number of nitrogens with two attached hydrogens (primary N) is 1. The molecule has 0 unspecified atom stereocenters. The predicted molar refractivity (Wildman–Crippen MR) is 27.8 cm³/mol. The Hall–Kier alpha value is -0.458. The van der Waals surface area contributed by atoms with Crippen LogP contribution in [0.25, 0.3) is 0 Å². The van der Waals surface area contributed by atoms with Gasteiger partial charge < -0.3 is 9.40 Å². The molecule has 0 fully saturated rings. The van der Waals surface area contributed by atoms with E-state index >= 15 is 0 Å². The Morgan fingerprint density at radius 1 is 1.86 bits per heavy atom. The van der Waals surface area contributed by atoms with E-state index in [2.05, 4.69) is 21.6 Å². The van der Waals surface area contributed by atoms with Crippen LogP contribution in [-0.4, -0.2) is 25.3 Å². The summed E-state index contributed by atoms with van der Waals surface area (Å²) < 4.78 is 1.58. The molecular formula is C3H4AlN3. The number of rotatable bonds is 0. The zero-order chi connectivity index (χ0) is 5.28. The van der Waals surface area contributed by atoms with E-state index in [9.17, 15) is 0 Å². The van der Waals surface area contributed by atoms with Crippen molar-refractivity contribution >= 4 is 22.2 Å². The van der Waals surface area contributed by atoms with E-state index in [-0.39, 0.29) is 0 Å². The van der Waals surface area contributed by atoms with Crippen molar-refractivity contribution in [1.29, 1.82) is 0 Å². The van der Waals surface area contributed by atoms with E-state index in [1.165, 1.54) is 0 Å². The summed E-state index contributed by atoms with van der Waals surface area (Å²) in [5, 5.41) is 3.77. The van der Waals surface area contributed by atoms with Crippen molar-refractivity contribution in [3.63, 3.8) is 0 Å². The highest BCUT2D eigenvalue weighted by Crippen LogP contribution is 1.92. The Morgan fingerprint density at radius 3 is 2.71 bits per heavy atom. The SMILES string of the molecule is Nc1cn[n]([Al])c1. The molecule has 2 N–H and O–H groups in total. The molecule has 1 aromatic rings. The lowest BCUT2D eigenvalue weighted by Crippen LogP contribution is -1.88. The van der Waals surface area contributed by atoms with Gasteiger partial charge in [0.1, 0.15) is 0 Å². The van der Waals surface area contributed by atoms with Crippen molar-refractivity contribution in [2.75, 3.05) is 5.73 Å². The molecule has 0 saturated carbocycles. The van der Waals surface area contributed by atoms with Crippen LogP contribution in [0.15, 0.2) is 12.4 Å². The molecule has 3 nitrogen and oxygen atoms in total. The molecule has 1 heterocycles. The number of anilines is 1. The van der Waals surface area contributed by atoms with Crippen LogP contribution in [-0.2, 0) is 0 Å². The summed E-state index contributed by atoms with van der Waals surface area (Å²) in [7, 11) is 0. The van der Waals surface area contributed by atoms with Gasteiger partial charge in [-0.2, -0.15) is 0 Å². The largest absolute Gasteiger partial charge is 0.396 e. The number of hydrogen-bond acceptors (Lipinski definition) is 2. The van der Waals surface area contributed by atoms with Crippen molar-refractivity contribution in [1.82, 2.24) is 8.76 Å². The number of hydrogen-bond donors (Lipinski definition) is 1. The highest BCUT2D eigenvalue weighted by Gasteiger charge is 1.81. The van der Waals surface area contributed by atoms with Crippen LogP contribution in [0, 0.1) is 0 Å². The molecule has 0 aliphatic heterocycles. The zero-order valence-corrected chi connectivity index (χ0v) is 4.86. The van der Waals surface area contributed by atoms with Gasteiger partial charge in [-0.15, -0.1) is 0 Å². The smallest absolute Gasteiger partial charge is 0.353 e. The third kappa shape index (κ3) is 0.953. The molecule has 0 aliphatic rings. The van der Waals surface area contributed by atoms with Crippen molar-refractivity contribution in [2.24, 2.45) is 0 Å². The molecule has 34 valence electrons. The van der Waals surface area contributed by atoms with Gasteiger partial charge in [0.2, 0.25) is 0 Å². The topological polar surface area (TPSA) is 43.8 Å². The Balaban J connectivity index is 3.04. The van der Waals surface area contributed by atoms with E-state index < -0.39 is 0 Å². The average molecular weight is 109 g/mol. The first kappa shape index (κ1) is 4.70. The molecular weight excluding hydrogens is 105 g/mol. The van der Waals surface area contributed by atoms with Crippen LogP contribution in [0.4, 0.5) is 5.69 Å². The van der Waals surface area contributed by atoms with Gasteiger partial charge in [0.05, 0.1) is 11.9 Å². The van der Waals surface area contributed by atoms with Crippen molar-refractivity contribution in [2.45, 2.75) is 0 Å². The second-order valence-electron chi connectivity index (χ2n) is 1.25. The molecule has 0 amide bonds. The van der Waals surface area contributed by atoms with E-state index in [0.29, 0.717) is 5.69 Å². The van der Waals surface area contributed by atoms with Gasteiger partial charge in [0.25, 0.3) is 0 Å². The third-order valence-corrected chi connectivity index (χ3v) is 0.904. The molecule has 4 heteroatoms. The van der Waals surface area contributed by atoms with Crippen LogP contribution in [0.2, 0.25) is 0 Å². The Labute approximate surface area is 49.8 Å². The van der Waals surface area contributed by atoms with Gasteiger partial charge in [-0.25, -0.2) is 5.10 Å². The van der Waals surface area contributed by atoms with Crippen molar-refractivity contribution < 1.29 is 0 Å². The number of nitrogen functional groups attached to an aromatic ring is 1. The van der Waals surface area contributed by atoms with E-state index in [0.717, 1.165) is 0 Å². The number of nitrogens with zero attached hydrogens (tertiary/aromatic N) is 2. The first-order valence-electron chi connectivity index (χ1n) is 1.84. The lowest BCUT2D eigenvalue weighted by Gasteiger charge is -1.80. The van der Waals surface area contributed by atoms with E-state index in [1.807, 2.05) is 0 Å². The molecule has 1 rings (SSSR count). The summed E-state index contributed by atoms with van der Waals surface area (Å²) in [4.78, 5) is 0. The molecule has 1 aromatic heterocycles. The lowest BCUT2D eigenvalue weighted by atomic mass is 10.6. The van der Waals surface area contributed by atoms with Gasteiger partial charge >= 0.3 is 16.5 Å². The summed E-state index contributed by atoms with van der Waals surface area (Å²) in [6, 6.07) is 0. The van der Waals surface area contributed by atoms with Crippen LogP contribution < -0.4 is 5.73 Å². The molecule has 0 spiro atoms. The van der Waals surface area contributed by atoms with Gasteiger partial charge in [0.15, 0.2) is 0 Å². The fourth-order valence-corrected chi connectivity index (χ4v) is 0.592. The van der Waals surface area contributed by atoms with Gasteiger partial charge in [-0.3, -0.25) is 0 Å². The Morgan fingerprint density at radius 2 is 2.57 bits per heavy atom. The minimum atomic E-state index is 0.690. The third-order valence-electron chi connectivity index (χ3n) is 0.621. The maximum absolute atomic E-state index is 5.28. The highest BCUT2D eigenvalue weighted by atomic mass is 27.1. The van der Waals surface area contributed by atoms with Crippen LogP contribution in [0.5, 0.6) is 0 Å². The van der Waals surface area contributed by atoms with Crippen LogP contribution in [0.1, 0.15) is 0 Å². The minimum Gasteiger partial charge on any atom is -0.396 e. The highest BCUT2D eigenvalue weighted by molar-refractivity contribution is 6.05. The zero-order valence-electron chi connectivity index (χ0n) is 3.70. The molecule has 0 bridgehead atoms. The second kappa shape index (κ2) is 1.57. The first-order valence-corrected chi connectivity index (χ1v) is 2.36.